The van der Waals surface area contributed by atoms with Gasteiger partial charge in [-0.3, -0.25) is 14.4 Å². The van der Waals surface area contributed by atoms with Crippen LogP contribution >= 0.6 is 0 Å². The second kappa shape index (κ2) is 6.03. The van der Waals surface area contributed by atoms with Gasteiger partial charge in [0, 0.05) is 24.8 Å². The van der Waals surface area contributed by atoms with Crippen LogP contribution in [0.5, 0.6) is 0 Å². The monoisotopic (exact) mass is 404 g/mol. The van der Waals surface area contributed by atoms with E-state index in [1.54, 1.807) is 43.4 Å². The summed E-state index contributed by atoms with van der Waals surface area (Å²) >= 11 is 0. The minimum absolute atomic E-state index is 0.0264. The Hall–Kier alpha value is -3.45. The van der Waals surface area contributed by atoms with Crippen LogP contribution in [0, 0.1) is 13.8 Å². The molecule has 152 valence electrons. The molecule has 1 spiro atoms. The van der Waals surface area contributed by atoms with Crippen molar-refractivity contribution in [1.82, 2.24) is 4.90 Å². The van der Waals surface area contributed by atoms with Gasteiger partial charge in [-0.15, -0.1) is 0 Å². The molecule has 0 aliphatic carbocycles. The minimum Gasteiger partial charge on any atom is -0.450 e. The van der Waals surface area contributed by atoms with Crippen LogP contribution in [0.25, 0.3) is 11.0 Å². The Balaban J connectivity index is 1.96. The van der Waals surface area contributed by atoms with Crippen LogP contribution in [0.4, 0.5) is 5.69 Å². The maximum Gasteiger partial charge on any atom is 0.291 e. The number of para-hydroxylation sites is 1. The molecule has 3 heterocycles. The molecule has 2 aromatic carbocycles. The van der Waals surface area contributed by atoms with Gasteiger partial charge in [0.1, 0.15) is 5.58 Å². The SMILES string of the molecule is Cc1cc2oc3c(c(=O)c2cc1C)[C@]1(C(=O)N(C)c2ccccc21)N(CCO)C3=O. The molecule has 7 nitrogen and oxygen atoms in total. The molecule has 0 unspecified atom stereocenters. The summed E-state index contributed by atoms with van der Waals surface area (Å²) in [5, 5.41) is 10.00. The van der Waals surface area contributed by atoms with Gasteiger partial charge >= 0.3 is 0 Å². The van der Waals surface area contributed by atoms with E-state index in [9.17, 15) is 19.5 Å². The van der Waals surface area contributed by atoms with Crippen LogP contribution in [0.15, 0.2) is 45.6 Å². The molecule has 0 fully saturated rings. The fraction of sp³-hybridized carbons (Fsp3) is 0.261. The molecule has 1 atom stereocenters. The number of hydrogen-bond donors (Lipinski definition) is 1. The first-order valence-corrected chi connectivity index (χ1v) is 9.73. The first-order chi connectivity index (χ1) is 14.3. The zero-order valence-electron chi connectivity index (χ0n) is 16.9. The predicted octanol–water partition coefficient (Wildman–Crippen LogP) is 2.08. The lowest BCUT2D eigenvalue weighted by molar-refractivity contribution is -0.125. The van der Waals surface area contributed by atoms with Gasteiger partial charge < -0.3 is 19.3 Å². The molecule has 2 amide bonds. The van der Waals surface area contributed by atoms with E-state index in [-0.39, 0.29) is 24.5 Å². The molecule has 0 radical (unpaired) electrons. The summed E-state index contributed by atoms with van der Waals surface area (Å²) in [6.07, 6.45) is 0. The van der Waals surface area contributed by atoms with Crippen molar-refractivity contribution < 1.29 is 19.1 Å². The van der Waals surface area contributed by atoms with Gasteiger partial charge in [-0.05, 0) is 43.2 Å². The Bertz CT molecular complexity index is 1330. The van der Waals surface area contributed by atoms with E-state index in [1.807, 2.05) is 13.8 Å². The standard InChI is InChI=1S/C23H20N2O5/c1-12-10-14-17(11-13(12)2)30-20-18(19(14)27)23(25(8-9-26)21(20)28)15-6-4-5-7-16(15)24(3)22(23)29/h4-7,10-11,26H,8-9H2,1-3H3/t23-/m1/s1. The molecule has 2 aliphatic rings. The third-order valence-corrected chi connectivity index (χ3v) is 6.31. The topological polar surface area (TPSA) is 91.1 Å². The van der Waals surface area contributed by atoms with Gasteiger partial charge in [0.05, 0.1) is 17.6 Å². The van der Waals surface area contributed by atoms with E-state index < -0.39 is 22.8 Å². The number of anilines is 1. The van der Waals surface area contributed by atoms with E-state index in [1.165, 1.54) is 9.80 Å². The van der Waals surface area contributed by atoms with Crippen LogP contribution in [0.1, 0.15) is 32.8 Å². The fourth-order valence-corrected chi connectivity index (χ4v) is 4.75. The molecule has 30 heavy (non-hydrogen) atoms. The summed E-state index contributed by atoms with van der Waals surface area (Å²) in [4.78, 5) is 43.5. The molecule has 0 saturated heterocycles. The van der Waals surface area contributed by atoms with Crippen molar-refractivity contribution in [1.29, 1.82) is 0 Å². The molecule has 0 bridgehead atoms. The highest BCUT2D eigenvalue weighted by Crippen LogP contribution is 2.51. The number of amides is 2. The van der Waals surface area contributed by atoms with Gasteiger partial charge in [0.2, 0.25) is 5.76 Å². The quantitative estimate of drug-likeness (QED) is 0.706. The number of aliphatic hydroxyl groups excluding tert-OH is 1. The number of fused-ring (bicyclic) bond motifs is 5. The van der Waals surface area contributed by atoms with Gasteiger partial charge in [-0.2, -0.15) is 0 Å². The summed E-state index contributed by atoms with van der Waals surface area (Å²) in [5.41, 5.74) is 1.28. The Morgan fingerprint density at radius 3 is 2.50 bits per heavy atom. The highest BCUT2D eigenvalue weighted by molar-refractivity contribution is 6.16. The summed E-state index contributed by atoms with van der Waals surface area (Å²) < 4.78 is 5.95. The minimum atomic E-state index is -1.64. The highest BCUT2D eigenvalue weighted by atomic mass is 16.3. The maximum absolute atomic E-state index is 13.7. The van der Waals surface area contributed by atoms with E-state index in [4.69, 9.17) is 4.42 Å². The molecule has 5 rings (SSSR count). The lowest BCUT2D eigenvalue weighted by atomic mass is 9.84. The third kappa shape index (κ3) is 2.00. The van der Waals surface area contributed by atoms with E-state index >= 15 is 0 Å². The number of aliphatic hydroxyl groups is 1. The Kier molecular flexibility index (Phi) is 3.73. The number of aryl methyl sites for hydroxylation is 2. The van der Waals surface area contributed by atoms with Crippen LogP contribution in [-0.4, -0.2) is 42.0 Å². The second-order valence-electron chi connectivity index (χ2n) is 7.84. The smallest absolute Gasteiger partial charge is 0.291 e. The van der Waals surface area contributed by atoms with E-state index in [0.29, 0.717) is 22.2 Å². The summed E-state index contributed by atoms with van der Waals surface area (Å²) in [5.74, 6) is -1.13. The summed E-state index contributed by atoms with van der Waals surface area (Å²) in [7, 11) is 1.62. The lowest BCUT2D eigenvalue weighted by Gasteiger charge is -2.33. The number of likely N-dealkylation sites (N-methyl/N-ethyl adjacent to an activating group) is 1. The third-order valence-electron chi connectivity index (χ3n) is 6.31. The van der Waals surface area contributed by atoms with E-state index in [0.717, 1.165) is 11.1 Å². The molecule has 1 aromatic heterocycles. The van der Waals surface area contributed by atoms with Crippen LogP contribution in [0.3, 0.4) is 0 Å². The van der Waals surface area contributed by atoms with Crippen molar-refractivity contribution in [3.05, 3.63) is 74.6 Å². The van der Waals surface area contributed by atoms with Crippen molar-refractivity contribution in [2.75, 3.05) is 25.1 Å². The van der Waals surface area contributed by atoms with Crippen LogP contribution < -0.4 is 10.3 Å². The molecule has 2 aliphatic heterocycles. The second-order valence-corrected chi connectivity index (χ2v) is 7.84. The van der Waals surface area contributed by atoms with Crippen LogP contribution in [-0.2, 0) is 10.3 Å². The van der Waals surface area contributed by atoms with Crippen LogP contribution in [0.2, 0.25) is 0 Å². The molecular weight excluding hydrogens is 384 g/mol. The zero-order chi connectivity index (χ0) is 21.4. The van der Waals surface area contributed by atoms with Crippen molar-refractivity contribution >= 4 is 28.5 Å². The number of benzene rings is 2. The maximum atomic E-state index is 13.7. The van der Waals surface area contributed by atoms with Crippen molar-refractivity contribution in [2.24, 2.45) is 0 Å². The number of rotatable bonds is 2. The van der Waals surface area contributed by atoms with Crippen molar-refractivity contribution in [2.45, 2.75) is 19.4 Å². The van der Waals surface area contributed by atoms with E-state index in [2.05, 4.69) is 0 Å². The lowest BCUT2D eigenvalue weighted by Crippen LogP contribution is -2.53. The number of carbonyl (C=O) groups is 2. The first kappa shape index (κ1) is 18.6. The number of hydrogen-bond acceptors (Lipinski definition) is 5. The predicted molar refractivity (Wildman–Crippen MR) is 111 cm³/mol. The number of nitrogens with zero attached hydrogens (tertiary/aromatic N) is 2. The largest absolute Gasteiger partial charge is 0.450 e. The average molecular weight is 404 g/mol. The van der Waals surface area contributed by atoms with Crippen molar-refractivity contribution in [3.63, 3.8) is 0 Å². The Labute approximate surface area is 172 Å². The molecular formula is C23H20N2O5. The Morgan fingerprint density at radius 2 is 1.77 bits per heavy atom. The molecule has 0 saturated carbocycles. The zero-order valence-corrected chi connectivity index (χ0v) is 16.9. The normalized spacial score (nSPS) is 19.9. The number of β-amino-alcohol motifs (C(OH)–C–C–N with tert-alkyl or cyclic N) is 1. The average Bonchev–Trinajstić information content (AvgIpc) is 3.10. The van der Waals surface area contributed by atoms with Gasteiger partial charge in [-0.1, -0.05) is 18.2 Å². The van der Waals surface area contributed by atoms with Crippen molar-refractivity contribution in [3.8, 4) is 0 Å². The van der Waals surface area contributed by atoms with Gasteiger partial charge in [0.15, 0.2) is 11.0 Å². The Morgan fingerprint density at radius 1 is 1.07 bits per heavy atom. The first-order valence-electron chi connectivity index (χ1n) is 9.73. The fourth-order valence-electron chi connectivity index (χ4n) is 4.75. The highest BCUT2D eigenvalue weighted by Gasteiger charge is 2.64. The summed E-state index contributed by atoms with van der Waals surface area (Å²) in [6, 6.07) is 10.6. The van der Waals surface area contributed by atoms with Gasteiger partial charge in [-0.25, -0.2) is 0 Å². The molecule has 7 heteroatoms. The van der Waals surface area contributed by atoms with Gasteiger partial charge in [0.25, 0.3) is 11.8 Å². The molecule has 3 aromatic rings. The molecule has 1 N–H and O–H groups in total. The number of carbonyl (C=O) groups excluding carboxylic acids is 2. The summed E-state index contributed by atoms with van der Waals surface area (Å²) in [6.45, 7) is 3.33.